The van der Waals surface area contributed by atoms with Gasteiger partial charge in [0.25, 0.3) is 5.91 Å². The predicted molar refractivity (Wildman–Crippen MR) is 103 cm³/mol. The Bertz CT molecular complexity index is 1020. The van der Waals surface area contributed by atoms with Gasteiger partial charge < -0.3 is 4.90 Å². The van der Waals surface area contributed by atoms with E-state index < -0.39 is 23.5 Å². The summed E-state index contributed by atoms with van der Waals surface area (Å²) >= 11 is 0. The molecule has 0 fully saturated rings. The average Bonchev–Trinajstić information content (AvgIpc) is 3.27. The second-order valence-electron chi connectivity index (χ2n) is 6.86. The second-order valence-corrected chi connectivity index (χ2v) is 6.86. The summed E-state index contributed by atoms with van der Waals surface area (Å²) in [6, 6.07) is 3.10. The van der Waals surface area contributed by atoms with Crippen molar-refractivity contribution in [2.45, 2.75) is 38.9 Å². The number of pyridine rings is 2. The molecular formula is C20H20F4N6O. The Balaban J connectivity index is 1.74. The van der Waals surface area contributed by atoms with Crippen LogP contribution in [0, 0.1) is 5.82 Å². The van der Waals surface area contributed by atoms with E-state index in [9.17, 15) is 22.4 Å². The lowest BCUT2D eigenvalue weighted by atomic mass is 10.1. The molecule has 3 aromatic rings. The zero-order chi connectivity index (χ0) is 22.6. The summed E-state index contributed by atoms with van der Waals surface area (Å²) in [5.74, 6) is -1.02. The molecule has 164 valence electrons. The number of nitrogens with zero attached hydrogens (tertiary/aromatic N) is 6. The Morgan fingerprint density at radius 3 is 2.45 bits per heavy atom. The highest BCUT2D eigenvalue weighted by atomic mass is 19.4. The molecule has 1 amide bonds. The van der Waals surface area contributed by atoms with Crippen LogP contribution in [-0.4, -0.2) is 48.4 Å². The number of aromatic nitrogens is 5. The van der Waals surface area contributed by atoms with E-state index >= 15 is 0 Å². The number of hydrogen-bond donors (Lipinski definition) is 0. The van der Waals surface area contributed by atoms with Crippen LogP contribution in [0.15, 0.2) is 43.0 Å². The van der Waals surface area contributed by atoms with E-state index in [0.29, 0.717) is 25.1 Å². The van der Waals surface area contributed by atoms with Crippen molar-refractivity contribution in [3.05, 3.63) is 65.6 Å². The first-order chi connectivity index (χ1) is 14.7. The second kappa shape index (κ2) is 9.19. The van der Waals surface area contributed by atoms with Crippen LogP contribution >= 0.6 is 0 Å². The van der Waals surface area contributed by atoms with Crippen molar-refractivity contribution in [2.75, 3.05) is 6.54 Å². The molecule has 11 heteroatoms. The van der Waals surface area contributed by atoms with E-state index in [-0.39, 0.29) is 17.4 Å². The number of carbonyl (C=O) groups excluding carboxylic acids is 1. The van der Waals surface area contributed by atoms with Gasteiger partial charge in [-0.3, -0.25) is 9.78 Å². The Kier molecular flexibility index (Phi) is 6.62. The van der Waals surface area contributed by atoms with Gasteiger partial charge in [-0.1, -0.05) is 0 Å². The summed E-state index contributed by atoms with van der Waals surface area (Å²) in [6.07, 6.45) is 0.988. The summed E-state index contributed by atoms with van der Waals surface area (Å²) in [6.45, 7) is 3.93. The van der Waals surface area contributed by atoms with Gasteiger partial charge in [-0.2, -0.15) is 23.4 Å². The molecular weight excluding hydrogens is 416 g/mol. The molecule has 3 heterocycles. The molecule has 0 aromatic carbocycles. The monoisotopic (exact) mass is 436 g/mol. The van der Waals surface area contributed by atoms with E-state index in [1.807, 2.05) is 6.92 Å². The molecule has 0 aliphatic heterocycles. The van der Waals surface area contributed by atoms with Gasteiger partial charge in [-0.15, -0.1) is 4.80 Å². The fourth-order valence-electron chi connectivity index (χ4n) is 3.14. The maximum Gasteiger partial charge on any atom is 0.417 e. The van der Waals surface area contributed by atoms with E-state index in [2.05, 4.69) is 20.2 Å². The molecule has 0 aliphatic carbocycles. The highest BCUT2D eigenvalue weighted by molar-refractivity contribution is 5.97. The van der Waals surface area contributed by atoms with E-state index in [0.717, 1.165) is 29.3 Å². The molecule has 0 unspecified atom stereocenters. The van der Waals surface area contributed by atoms with Crippen molar-refractivity contribution in [3.63, 3.8) is 0 Å². The minimum absolute atomic E-state index is 0.0116. The molecule has 3 rings (SSSR count). The van der Waals surface area contributed by atoms with Crippen molar-refractivity contribution < 1.29 is 22.4 Å². The molecule has 3 aromatic heterocycles. The summed E-state index contributed by atoms with van der Waals surface area (Å²) in [7, 11) is 0. The molecule has 0 N–H and O–H groups in total. The lowest BCUT2D eigenvalue weighted by molar-refractivity contribution is -0.137. The van der Waals surface area contributed by atoms with Gasteiger partial charge in [-0.25, -0.2) is 9.37 Å². The topological polar surface area (TPSA) is 76.8 Å². The number of amides is 1. The molecule has 0 saturated heterocycles. The number of rotatable bonds is 7. The van der Waals surface area contributed by atoms with Crippen molar-refractivity contribution in [1.82, 2.24) is 29.9 Å². The first-order valence-electron chi connectivity index (χ1n) is 9.56. The number of aryl methyl sites for hydroxylation is 1. The number of alkyl halides is 3. The molecule has 0 aliphatic rings. The number of hydrogen-bond acceptors (Lipinski definition) is 5. The highest BCUT2D eigenvalue weighted by Gasteiger charge is 2.30. The third-order valence-electron chi connectivity index (χ3n) is 4.78. The standard InChI is InChI=1S/C20H20F4N6O/c1-3-29(13(2)4-6-16-7-5-14(11-25-16)20(22,23)24)19(31)17-10-15(21)12-26-18(17)30-27-8-9-28-30/h5,7-13H,3-4,6H2,1-2H3/t13-/m0/s1. The lowest BCUT2D eigenvalue weighted by Crippen LogP contribution is -2.39. The first kappa shape index (κ1) is 22.3. The zero-order valence-corrected chi connectivity index (χ0v) is 16.8. The van der Waals surface area contributed by atoms with Gasteiger partial charge >= 0.3 is 6.18 Å². The SMILES string of the molecule is CCN(C(=O)c1cc(F)cnc1-n1nccn1)[C@@H](C)CCc1ccc(C(F)(F)F)cn1. The van der Waals surface area contributed by atoms with E-state index in [1.165, 1.54) is 23.4 Å². The van der Waals surface area contributed by atoms with Crippen LogP contribution in [0.1, 0.15) is 41.9 Å². The Labute approximate surface area is 175 Å². The lowest BCUT2D eigenvalue weighted by Gasteiger charge is -2.28. The minimum atomic E-state index is -4.44. The van der Waals surface area contributed by atoms with Gasteiger partial charge in [-0.05, 0) is 44.9 Å². The van der Waals surface area contributed by atoms with Crippen LogP contribution in [0.5, 0.6) is 0 Å². The minimum Gasteiger partial charge on any atom is -0.336 e. The zero-order valence-electron chi connectivity index (χ0n) is 16.8. The van der Waals surface area contributed by atoms with Crippen molar-refractivity contribution in [1.29, 1.82) is 0 Å². The molecule has 7 nitrogen and oxygen atoms in total. The van der Waals surface area contributed by atoms with Crippen LogP contribution in [0.25, 0.3) is 5.82 Å². The molecule has 31 heavy (non-hydrogen) atoms. The first-order valence-corrected chi connectivity index (χ1v) is 9.56. The van der Waals surface area contributed by atoms with Crippen LogP contribution in [0.4, 0.5) is 17.6 Å². The fourth-order valence-corrected chi connectivity index (χ4v) is 3.14. The number of carbonyl (C=O) groups is 1. The maximum absolute atomic E-state index is 13.8. The van der Waals surface area contributed by atoms with Crippen molar-refractivity contribution in [2.24, 2.45) is 0 Å². The summed E-state index contributed by atoms with van der Waals surface area (Å²) < 4.78 is 51.8. The third-order valence-corrected chi connectivity index (χ3v) is 4.78. The van der Waals surface area contributed by atoms with Crippen LogP contribution < -0.4 is 0 Å². The highest BCUT2D eigenvalue weighted by Crippen LogP contribution is 2.28. The normalized spacial score (nSPS) is 12.6. The Morgan fingerprint density at radius 1 is 1.16 bits per heavy atom. The molecule has 1 atom stereocenters. The van der Waals surface area contributed by atoms with Crippen LogP contribution in [0.3, 0.4) is 0 Å². The quantitative estimate of drug-likeness (QED) is 0.528. The van der Waals surface area contributed by atoms with Crippen molar-refractivity contribution >= 4 is 5.91 Å². The molecule has 0 radical (unpaired) electrons. The van der Waals surface area contributed by atoms with Gasteiger partial charge in [0.2, 0.25) is 0 Å². The average molecular weight is 436 g/mol. The Morgan fingerprint density at radius 2 is 1.87 bits per heavy atom. The predicted octanol–water partition coefficient (Wildman–Crippen LogP) is 3.70. The van der Waals surface area contributed by atoms with Crippen molar-refractivity contribution in [3.8, 4) is 5.82 Å². The molecule has 0 bridgehead atoms. The van der Waals surface area contributed by atoms with E-state index in [4.69, 9.17) is 0 Å². The number of halogens is 4. The van der Waals surface area contributed by atoms with Gasteiger partial charge in [0.1, 0.15) is 5.82 Å². The summed E-state index contributed by atoms with van der Waals surface area (Å²) in [4.78, 5) is 23.6. The van der Waals surface area contributed by atoms with Crippen LogP contribution in [-0.2, 0) is 12.6 Å². The maximum atomic E-state index is 13.8. The van der Waals surface area contributed by atoms with Gasteiger partial charge in [0, 0.05) is 24.5 Å². The van der Waals surface area contributed by atoms with Crippen LogP contribution in [0.2, 0.25) is 0 Å². The Hall–Kier alpha value is -3.37. The summed E-state index contributed by atoms with van der Waals surface area (Å²) in [5, 5.41) is 7.90. The summed E-state index contributed by atoms with van der Waals surface area (Å²) in [5.41, 5.74) is -0.317. The smallest absolute Gasteiger partial charge is 0.336 e. The van der Waals surface area contributed by atoms with Gasteiger partial charge in [0.15, 0.2) is 5.82 Å². The molecule has 0 saturated carbocycles. The third kappa shape index (κ3) is 5.22. The van der Waals surface area contributed by atoms with E-state index in [1.54, 1.807) is 6.92 Å². The molecule has 0 spiro atoms. The largest absolute Gasteiger partial charge is 0.417 e. The van der Waals surface area contributed by atoms with Gasteiger partial charge in [0.05, 0.1) is 29.7 Å². The fraction of sp³-hybridized carbons (Fsp3) is 0.350.